The molecule has 0 radical (unpaired) electrons. The first-order chi connectivity index (χ1) is 12.9. The van der Waals surface area contributed by atoms with Crippen molar-refractivity contribution in [1.29, 1.82) is 0 Å². The first-order valence-electron chi connectivity index (χ1n) is 9.59. The fourth-order valence-corrected chi connectivity index (χ4v) is 4.78. The summed E-state index contributed by atoms with van der Waals surface area (Å²) < 4.78 is 38.6. The number of nitrogens with zero attached hydrogens (tertiary/aromatic N) is 1. The number of sulfonamides is 1. The highest BCUT2D eigenvalue weighted by molar-refractivity contribution is 7.89. The number of hydrogen-bond donors (Lipinski definition) is 1. The zero-order valence-corrected chi connectivity index (χ0v) is 16.7. The van der Waals surface area contributed by atoms with Gasteiger partial charge in [0.15, 0.2) is 6.29 Å². The Hall–Kier alpha value is -1.48. The summed E-state index contributed by atoms with van der Waals surface area (Å²) >= 11 is 0. The summed E-state index contributed by atoms with van der Waals surface area (Å²) in [6.07, 6.45) is 3.17. The number of carbonyl (C=O) groups excluding carboxylic acids is 1. The molecule has 2 atom stereocenters. The summed E-state index contributed by atoms with van der Waals surface area (Å²) in [6, 6.07) is 5.89. The predicted molar refractivity (Wildman–Crippen MR) is 101 cm³/mol. The lowest BCUT2D eigenvalue weighted by Gasteiger charge is -2.38. The van der Waals surface area contributed by atoms with Crippen molar-refractivity contribution in [3.8, 4) is 0 Å². The van der Waals surface area contributed by atoms with Crippen LogP contribution >= 0.6 is 0 Å². The van der Waals surface area contributed by atoms with Crippen LogP contribution in [0.25, 0.3) is 0 Å². The van der Waals surface area contributed by atoms with E-state index < -0.39 is 10.0 Å². The molecule has 0 aliphatic carbocycles. The predicted octanol–water partition coefficient (Wildman–Crippen LogP) is 2.13. The van der Waals surface area contributed by atoms with E-state index in [-0.39, 0.29) is 29.2 Å². The largest absolute Gasteiger partial charge is 0.348 e. The highest BCUT2D eigenvalue weighted by atomic mass is 32.2. The van der Waals surface area contributed by atoms with Gasteiger partial charge in [-0.2, -0.15) is 0 Å². The number of carbonyl (C=O) groups is 1. The van der Waals surface area contributed by atoms with Crippen LogP contribution in [-0.2, 0) is 19.5 Å². The monoisotopic (exact) mass is 396 g/mol. The smallest absolute Gasteiger partial charge is 0.254 e. The topological polar surface area (TPSA) is 84.9 Å². The maximum absolute atomic E-state index is 13.0. The zero-order chi connectivity index (χ0) is 19.4. The van der Waals surface area contributed by atoms with Crippen LogP contribution in [0.5, 0.6) is 0 Å². The second-order valence-electron chi connectivity index (χ2n) is 7.13. The standard InChI is InChI=1S/C19H28N2O5S/c1-3-14(2)20-27(23,24)16-9-7-15(8-10-16)18(22)21-11-5-4-6-17(21)19-25-12-13-26-19/h7-10,14,17,19-20H,3-6,11-13H2,1-2H3. The average molecular weight is 397 g/mol. The van der Waals surface area contributed by atoms with Crippen LogP contribution in [0.3, 0.4) is 0 Å². The van der Waals surface area contributed by atoms with Crippen LogP contribution in [0.1, 0.15) is 49.9 Å². The third kappa shape index (κ3) is 4.68. The van der Waals surface area contributed by atoms with Crippen LogP contribution in [0.2, 0.25) is 0 Å². The summed E-state index contributed by atoms with van der Waals surface area (Å²) in [4.78, 5) is 15.0. The zero-order valence-electron chi connectivity index (χ0n) is 15.9. The van der Waals surface area contributed by atoms with Gasteiger partial charge in [0.2, 0.25) is 10.0 Å². The molecule has 2 heterocycles. The molecule has 2 fully saturated rings. The first-order valence-corrected chi connectivity index (χ1v) is 11.1. The van der Waals surface area contributed by atoms with Gasteiger partial charge in [-0.15, -0.1) is 0 Å². The Morgan fingerprint density at radius 1 is 1.22 bits per heavy atom. The highest BCUT2D eigenvalue weighted by Gasteiger charge is 2.36. The van der Waals surface area contributed by atoms with Crippen molar-refractivity contribution in [2.24, 2.45) is 0 Å². The van der Waals surface area contributed by atoms with Crippen LogP contribution in [0.15, 0.2) is 29.2 Å². The molecule has 7 nitrogen and oxygen atoms in total. The molecular weight excluding hydrogens is 368 g/mol. The van der Waals surface area contributed by atoms with E-state index in [1.54, 1.807) is 17.0 Å². The normalized spacial score (nSPS) is 22.7. The number of amides is 1. The maximum Gasteiger partial charge on any atom is 0.254 e. The highest BCUT2D eigenvalue weighted by Crippen LogP contribution is 2.26. The van der Waals surface area contributed by atoms with Gasteiger partial charge in [0.05, 0.1) is 24.2 Å². The van der Waals surface area contributed by atoms with Crippen molar-refractivity contribution in [3.63, 3.8) is 0 Å². The van der Waals surface area contributed by atoms with Crippen LogP contribution < -0.4 is 4.72 Å². The van der Waals surface area contributed by atoms with Gasteiger partial charge in [-0.05, 0) is 56.9 Å². The second kappa shape index (κ2) is 8.68. The minimum absolute atomic E-state index is 0.0933. The molecule has 1 N–H and O–H groups in total. The van der Waals surface area contributed by atoms with Crippen molar-refractivity contribution in [3.05, 3.63) is 29.8 Å². The van der Waals surface area contributed by atoms with E-state index in [4.69, 9.17) is 9.47 Å². The molecule has 0 bridgehead atoms. The van der Waals surface area contributed by atoms with Crippen molar-refractivity contribution in [1.82, 2.24) is 9.62 Å². The van der Waals surface area contributed by atoms with Gasteiger partial charge < -0.3 is 14.4 Å². The number of piperidine rings is 1. The lowest BCUT2D eigenvalue weighted by atomic mass is 10.00. The SMILES string of the molecule is CCC(C)NS(=O)(=O)c1ccc(C(=O)N2CCCCC2C2OCCO2)cc1. The Balaban J connectivity index is 1.74. The number of nitrogens with one attached hydrogen (secondary N) is 1. The van der Waals surface area contributed by atoms with Gasteiger partial charge in [0.1, 0.15) is 0 Å². The van der Waals surface area contributed by atoms with E-state index >= 15 is 0 Å². The van der Waals surface area contributed by atoms with Gasteiger partial charge in [-0.3, -0.25) is 4.79 Å². The summed E-state index contributed by atoms with van der Waals surface area (Å²) in [5, 5.41) is 0. The van der Waals surface area contributed by atoms with Gasteiger partial charge in [-0.25, -0.2) is 13.1 Å². The van der Waals surface area contributed by atoms with Crippen LogP contribution in [0.4, 0.5) is 0 Å². The van der Waals surface area contributed by atoms with E-state index in [1.807, 2.05) is 13.8 Å². The van der Waals surface area contributed by atoms with Crippen LogP contribution in [-0.4, -0.2) is 57.4 Å². The molecule has 0 aromatic heterocycles. The van der Waals surface area contributed by atoms with Crippen molar-refractivity contribution in [2.75, 3.05) is 19.8 Å². The van der Waals surface area contributed by atoms with E-state index in [1.165, 1.54) is 12.1 Å². The summed E-state index contributed by atoms with van der Waals surface area (Å²) in [6.45, 7) is 5.50. The van der Waals surface area contributed by atoms with Crippen LogP contribution in [0, 0.1) is 0 Å². The van der Waals surface area contributed by atoms with E-state index in [0.29, 0.717) is 31.7 Å². The fraction of sp³-hybridized carbons (Fsp3) is 0.632. The molecule has 1 aromatic carbocycles. The minimum atomic E-state index is -3.58. The quantitative estimate of drug-likeness (QED) is 0.796. The number of likely N-dealkylation sites (tertiary alicyclic amines) is 1. The Morgan fingerprint density at radius 3 is 2.52 bits per heavy atom. The Kier molecular flexibility index (Phi) is 6.52. The molecule has 0 saturated carbocycles. The maximum atomic E-state index is 13.0. The van der Waals surface area contributed by atoms with Gasteiger partial charge in [0, 0.05) is 18.2 Å². The minimum Gasteiger partial charge on any atom is -0.348 e. The molecular formula is C19H28N2O5S. The summed E-state index contributed by atoms with van der Waals surface area (Å²) in [7, 11) is -3.58. The summed E-state index contributed by atoms with van der Waals surface area (Å²) in [5.74, 6) is -0.113. The number of rotatable bonds is 6. The molecule has 8 heteroatoms. The number of ether oxygens (including phenoxy) is 2. The fourth-order valence-electron chi connectivity index (χ4n) is 3.45. The third-order valence-electron chi connectivity index (χ3n) is 5.15. The van der Waals surface area contributed by atoms with E-state index in [0.717, 1.165) is 19.3 Å². The summed E-state index contributed by atoms with van der Waals surface area (Å²) in [5.41, 5.74) is 0.474. The number of benzene rings is 1. The molecule has 27 heavy (non-hydrogen) atoms. The average Bonchev–Trinajstić information content (AvgIpc) is 3.22. The molecule has 2 aliphatic rings. The molecule has 1 aromatic rings. The molecule has 3 rings (SSSR count). The lowest BCUT2D eigenvalue weighted by molar-refractivity contribution is -0.100. The first kappa shape index (κ1) is 20.3. The Labute approximate surface area is 161 Å². The number of hydrogen-bond acceptors (Lipinski definition) is 5. The van der Waals surface area contributed by atoms with Gasteiger partial charge >= 0.3 is 0 Å². The van der Waals surface area contributed by atoms with Crippen molar-refractivity contribution < 1.29 is 22.7 Å². The molecule has 0 spiro atoms. The Morgan fingerprint density at radius 2 is 1.89 bits per heavy atom. The molecule has 2 aliphatic heterocycles. The second-order valence-corrected chi connectivity index (χ2v) is 8.84. The Bertz CT molecular complexity index is 744. The molecule has 150 valence electrons. The molecule has 2 saturated heterocycles. The van der Waals surface area contributed by atoms with Gasteiger partial charge in [0.25, 0.3) is 5.91 Å². The lowest BCUT2D eigenvalue weighted by Crippen LogP contribution is -2.50. The van der Waals surface area contributed by atoms with E-state index in [2.05, 4.69) is 4.72 Å². The third-order valence-corrected chi connectivity index (χ3v) is 6.76. The van der Waals surface area contributed by atoms with E-state index in [9.17, 15) is 13.2 Å². The molecule has 2 unspecified atom stereocenters. The van der Waals surface area contributed by atoms with Crippen molar-refractivity contribution in [2.45, 2.75) is 62.8 Å². The van der Waals surface area contributed by atoms with Crippen molar-refractivity contribution >= 4 is 15.9 Å². The van der Waals surface area contributed by atoms with Gasteiger partial charge in [-0.1, -0.05) is 6.92 Å². The molecule has 1 amide bonds.